The molecule has 3 heterocycles. The zero-order valence-corrected chi connectivity index (χ0v) is 18.2. The average Bonchev–Trinajstić information content (AvgIpc) is 3.27. The van der Waals surface area contributed by atoms with Crippen molar-refractivity contribution in [2.75, 3.05) is 6.54 Å². The number of rotatable bonds is 4. The van der Waals surface area contributed by atoms with Crippen molar-refractivity contribution in [3.8, 4) is 22.7 Å². The minimum Gasteiger partial charge on any atom is -0.460 e. The molecule has 0 amide bonds. The van der Waals surface area contributed by atoms with Crippen LogP contribution in [0.1, 0.15) is 22.6 Å². The van der Waals surface area contributed by atoms with E-state index in [1.807, 2.05) is 36.4 Å². The molecule has 0 atom stereocenters. The van der Waals surface area contributed by atoms with Gasteiger partial charge >= 0.3 is 6.18 Å². The highest BCUT2D eigenvalue weighted by molar-refractivity contribution is 6.30. The molecule has 4 nitrogen and oxygen atoms in total. The molecule has 33 heavy (non-hydrogen) atoms. The van der Waals surface area contributed by atoms with Gasteiger partial charge in [0.25, 0.3) is 0 Å². The fourth-order valence-electron chi connectivity index (χ4n) is 3.94. The summed E-state index contributed by atoms with van der Waals surface area (Å²) in [5.41, 5.74) is 2.75. The molecule has 0 spiro atoms. The second-order valence-corrected chi connectivity index (χ2v) is 8.41. The smallest absolute Gasteiger partial charge is 0.416 e. The van der Waals surface area contributed by atoms with E-state index in [9.17, 15) is 13.2 Å². The van der Waals surface area contributed by atoms with E-state index in [-0.39, 0.29) is 0 Å². The maximum atomic E-state index is 12.8. The summed E-state index contributed by atoms with van der Waals surface area (Å²) in [5.74, 6) is 2.07. The predicted octanol–water partition coefficient (Wildman–Crippen LogP) is 6.63. The van der Waals surface area contributed by atoms with E-state index in [2.05, 4.69) is 14.9 Å². The number of furan rings is 1. The van der Waals surface area contributed by atoms with Gasteiger partial charge in [0, 0.05) is 47.4 Å². The van der Waals surface area contributed by atoms with Gasteiger partial charge in [-0.3, -0.25) is 4.90 Å². The highest BCUT2D eigenvalue weighted by Gasteiger charge is 2.30. The Bertz CT molecular complexity index is 1280. The molecule has 0 unspecified atom stereocenters. The molecule has 2 aromatic heterocycles. The van der Waals surface area contributed by atoms with Crippen molar-refractivity contribution in [2.45, 2.75) is 25.7 Å². The van der Waals surface area contributed by atoms with Crippen LogP contribution in [0.15, 0.2) is 71.3 Å². The molecule has 0 bridgehead atoms. The van der Waals surface area contributed by atoms with E-state index in [4.69, 9.17) is 16.0 Å². The fourth-order valence-corrected chi connectivity index (χ4v) is 4.13. The van der Waals surface area contributed by atoms with E-state index in [1.165, 1.54) is 12.1 Å². The van der Waals surface area contributed by atoms with Crippen LogP contribution in [-0.4, -0.2) is 21.4 Å². The molecule has 0 radical (unpaired) electrons. The molecule has 5 rings (SSSR count). The van der Waals surface area contributed by atoms with Gasteiger partial charge < -0.3 is 4.42 Å². The zero-order chi connectivity index (χ0) is 23.0. The summed E-state index contributed by atoms with van der Waals surface area (Å²) in [6.07, 6.45) is -1.87. The van der Waals surface area contributed by atoms with Crippen molar-refractivity contribution in [2.24, 2.45) is 0 Å². The van der Waals surface area contributed by atoms with Crippen molar-refractivity contribution in [1.29, 1.82) is 0 Å². The maximum absolute atomic E-state index is 12.8. The van der Waals surface area contributed by atoms with Crippen molar-refractivity contribution < 1.29 is 17.6 Å². The van der Waals surface area contributed by atoms with Gasteiger partial charge in [0.05, 0.1) is 17.8 Å². The van der Waals surface area contributed by atoms with E-state index >= 15 is 0 Å². The molecule has 4 aromatic rings. The number of alkyl halides is 3. The standard InChI is InChI=1S/C25H19ClF3N3O/c26-20-3-1-2-17(12-20)23-9-8-21(33-23)15-32-11-10-22-18(14-32)13-30-24(31-22)16-4-6-19(7-5-16)25(27,28)29/h1-9,12-13H,10-11,14-15H2. The predicted molar refractivity (Wildman–Crippen MR) is 119 cm³/mol. The van der Waals surface area contributed by atoms with Gasteiger partial charge in [-0.1, -0.05) is 35.9 Å². The minimum atomic E-state index is -4.36. The van der Waals surface area contributed by atoms with Crippen molar-refractivity contribution >= 4 is 11.6 Å². The average molecular weight is 470 g/mol. The first-order valence-corrected chi connectivity index (χ1v) is 10.8. The zero-order valence-electron chi connectivity index (χ0n) is 17.4. The summed E-state index contributed by atoms with van der Waals surface area (Å²) in [4.78, 5) is 11.3. The molecular weight excluding hydrogens is 451 g/mol. The molecule has 0 saturated carbocycles. The molecule has 0 saturated heterocycles. The Morgan fingerprint density at radius 1 is 1.00 bits per heavy atom. The van der Waals surface area contributed by atoms with Crippen LogP contribution in [0, 0.1) is 0 Å². The molecule has 0 aliphatic carbocycles. The van der Waals surface area contributed by atoms with E-state index in [0.29, 0.717) is 29.5 Å². The monoisotopic (exact) mass is 469 g/mol. The Morgan fingerprint density at radius 2 is 1.82 bits per heavy atom. The van der Waals surface area contributed by atoms with Crippen LogP contribution in [0.4, 0.5) is 13.2 Å². The van der Waals surface area contributed by atoms with Crippen molar-refractivity contribution in [3.63, 3.8) is 0 Å². The molecule has 1 aliphatic heterocycles. The van der Waals surface area contributed by atoms with Crippen LogP contribution in [0.5, 0.6) is 0 Å². The van der Waals surface area contributed by atoms with Crippen molar-refractivity contribution in [1.82, 2.24) is 14.9 Å². The quantitative estimate of drug-likeness (QED) is 0.336. The minimum absolute atomic E-state index is 0.438. The summed E-state index contributed by atoms with van der Waals surface area (Å²) in [6, 6.07) is 16.4. The largest absolute Gasteiger partial charge is 0.460 e. The lowest BCUT2D eigenvalue weighted by molar-refractivity contribution is -0.137. The number of halogens is 4. The number of hydrogen-bond acceptors (Lipinski definition) is 4. The highest BCUT2D eigenvalue weighted by Crippen LogP contribution is 2.31. The number of hydrogen-bond donors (Lipinski definition) is 0. The molecular formula is C25H19ClF3N3O. The number of aromatic nitrogens is 2. The first kappa shape index (κ1) is 21.7. The summed E-state index contributed by atoms with van der Waals surface area (Å²) in [7, 11) is 0. The molecule has 1 aliphatic rings. The Morgan fingerprint density at radius 3 is 2.58 bits per heavy atom. The Hall–Kier alpha value is -3.16. The molecule has 2 aromatic carbocycles. The van der Waals surface area contributed by atoms with Gasteiger partial charge in [-0.05, 0) is 36.4 Å². The Balaban J connectivity index is 1.27. The summed E-state index contributed by atoms with van der Waals surface area (Å²) in [5, 5.41) is 0.661. The topological polar surface area (TPSA) is 42.2 Å². The first-order chi connectivity index (χ1) is 15.8. The first-order valence-electron chi connectivity index (χ1n) is 10.4. The lowest BCUT2D eigenvalue weighted by atomic mass is 10.1. The summed E-state index contributed by atoms with van der Waals surface area (Å²) < 4.78 is 44.4. The molecule has 0 fully saturated rings. The normalized spacial score (nSPS) is 14.3. The van der Waals surface area contributed by atoms with E-state index in [1.54, 1.807) is 6.20 Å². The Labute approximate surface area is 193 Å². The highest BCUT2D eigenvalue weighted by atomic mass is 35.5. The Kier molecular flexibility index (Phi) is 5.68. The maximum Gasteiger partial charge on any atom is 0.416 e. The van der Waals surface area contributed by atoms with Gasteiger partial charge in [0.1, 0.15) is 11.5 Å². The van der Waals surface area contributed by atoms with Crippen LogP contribution in [0.2, 0.25) is 5.02 Å². The summed E-state index contributed by atoms with van der Waals surface area (Å²) in [6.45, 7) is 2.13. The van der Waals surface area contributed by atoms with Crippen molar-refractivity contribution in [3.05, 3.63) is 94.5 Å². The fraction of sp³-hybridized carbons (Fsp3) is 0.200. The second-order valence-electron chi connectivity index (χ2n) is 7.98. The van der Waals surface area contributed by atoms with E-state index < -0.39 is 11.7 Å². The van der Waals surface area contributed by atoms with Gasteiger partial charge in [-0.15, -0.1) is 0 Å². The summed E-state index contributed by atoms with van der Waals surface area (Å²) >= 11 is 6.07. The lowest BCUT2D eigenvalue weighted by Crippen LogP contribution is -2.30. The van der Waals surface area contributed by atoms with Crippen LogP contribution in [0.3, 0.4) is 0 Å². The molecule has 168 valence electrons. The van der Waals surface area contributed by atoms with Gasteiger partial charge in [0.2, 0.25) is 0 Å². The molecule has 8 heteroatoms. The van der Waals surface area contributed by atoms with Crippen LogP contribution in [-0.2, 0) is 25.7 Å². The SMILES string of the molecule is FC(F)(F)c1ccc(-c2ncc3c(n2)CCN(Cc2ccc(-c4cccc(Cl)c4)o2)C3)cc1. The molecule has 0 N–H and O–H groups in total. The van der Waals surface area contributed by atoms with Crippen LogP contribution in [0.25, 0.3) is 22.7 Å². The van der Waals surface area contributed by atoms with Crippen LogP contribution < -0.4 is 0 Å². The third-order valence-corrected chi connectivity index (χ3v) is 5.87. The number of fused-ring (bicyclic) bond motifs is 1. The second kappa shape index (κ2) is 8.65. The number of nitrogens with zero attached hydrogens (tertiary/aromatic N) is 3. The number of benzene rings is 2. The van der Waals surface area contributed by atoms with Crippen LogP contribution >= 0.6 is 11.6 Å². The van der Waals surface area contributed by atoms with E-state index in [0.717, 1.165) is 53.4 Å². The lowest BCUT2D eigenvalue weighted by Gasteiger charge is -2.27. The van der Waals surface area contributed by atoms with Gasteiger partial charge in [-0.25, -0.2) is 9.97 Å². The third kappa shape index (κ3) is 4.79. The third-order valence-electron chi connectivity index (χ3n) is 5.63. The van der Waals surface area contributed by atoms with Gasteiger partial charge in [0.15, 0.2) is 5.82 Å². The van der Waals surface area contributed by atoms with Gasteiger partial charge in [-0.2, -0.15) is 13.2 Å².